The van der Waals surface area contributed by atoms with Crippen molar-refractivity contribution in [3.05, 3.63) is 23.9 Å². The molecule has 1 saturated heterocycles. The van der Waals surface area contributed by atoms with Crippen LogP contribution in [0.5, 0.6) is 0 Å². The first-order valence-corrected chi connectivity index (χ1v) is 6.12. The van der Waals surface area contributed by atoms with Gasteiger partial charge in [0, 0.05) is 24.8 Å². The Morgan fingerprint density at radius 3 is 3.00 bits per heavy atom. The van der Waals surface area contributed by atoms with Crippen LogP contribution in [0.1, 0.15) is 30.1 Å². The van der Waals surface area contributed by atoms with Gasteiger partial charge in [0.1, 0.15) is 5.82 Å². The molecular formula is C13H19N3O. The van der Waals surface area contributed by atoms with Crippen LogP contribution in [-0.2, 0) is 0 Å². The molecule has 1 aromatic heterocycles. The number of pyridine rings is 1. The first kappa shape index (κ1) is 12.0. The number of aromatic nitrogens is 1. The number of carbonyl (C=O) groups is 1. The van der Waals surface area contributed by atoms with Crippen LogP contribution in [0.25, 0.3) is 0 Å². The summed E-state index contributed by atoms with van der Waals surface area (Å²) in [7, 11) is 0. The monoisotopic (exact) mass is 233 g/mol. The molecule has 92 valence electrons. The average molecular weight is 233 g/mol. The molecule has 4 nitrogen and oxygen atoms in total. The van der Waals surface area contributed by atoms with Crippen molar-refractivity contribution < 1.29 is 4.79 Å². The highest BCUT2D eigenvalue weighted by Gasteiger charge is 2.22. The van der Waals surface area contributed by atoms with Gasteiger partial charge in [0.2, 0.25) is 0 Å². The quantitative estimate of drug-likeness (QED) is 0.800. The van der Waals surface area contributed by atoms with Gasteiger partial charge in [0.15, 0.2) is 5.78 Å². The van der Waals surface area contributed by atoms with Gasteiger partial charge in [-0.3, -0.25) is 4.79 Å². The molecule has 0 spiro atoms. The molecule has 2 N–H and O–H groups in total. The van der Waals surface area contributed by atoms with Gasteiger partial charge in [-0.25, -0.2) is 4.98 Å². The predicted octanol–water partition coefficient (Wildman–Crippen LogP) is 1.46. The smallest absolute Gasteiger partial charge is 0.161 e. The van der Waals surface area contributed by atoms with Crippen LogP contribution in [0.3, 0.4) is 0 Å². The van der Waals surface area contributed by atoms with Crippen molar-refractivity contribution in [2.45, 2.75) is 19.8 Å². The van der Waals surface area contributed by atoms with Crippen molar-refractivity contribution in [1.82, 2.24) is 4.98 Å². The molecule has 2 rings (SSSR count). The zero-order valence-corrected chi connectivity index (χ0v) is 10.2. The summed E-state index contributed by atoms with van der Waals surface area (Å²) in [5.74, 6) is 1.72. The molecule has 0 aromatic carbocycles. The minimum absolute atomic E-state index is 0.0616. The van der Waals surface area contributed by atoms with Gasteiger partial charge in [-0.1, -0.05) is 0 Å². The Bertz CT molecular complexity index is 388. The van der Waals surface area contributed by atoms with E-state index in [-0.39, 0.29) is 5.78 Å². The summed E-state index contributed by atoms with van der Waals surface area (Å²) in [6.45, 7) is 4.39. The number of anilines is 1. The second-order valence-corrected chi connectivity index (χ2v) is 4.64. The van der Waals surface area contributed by atoms with E-state index in [1.54, 1.807) is 13.1 Å². The van der Waals surface area contributed by atoms with Crippen LogP contribution in [0.4, 0.5) is 5.82 Å². The van der Waals surface area contributed by atoms with Crippen LogP contribution in [0.15, 0.2) is 18.3 Å². The van der Waals surface area contributed by atoms with E-state index in [2.05, 4.69) is 9.88 Å². The number of hydrogen-bond donors (Lipinski definition) is 1. The lowest BCUT2D eigenvalue weighted by atomic mass is 10.1. The minimum atomic E-state index is 0.0616. The summed E-state index contributed by atoms with van der Waals surface area (Å²) in [5.41, 5.74) is 6.25. The van der Waals surface area contributed by atoms with Crippen LogP contribution >= 0.6 is 0 Å². The molecule has 0 saturated carbocycles. The number of Topliss-reactive ketones (excluding diaryl/α,β-unsaturated/α-hetero) is 1. The van der Waals surface area contributed by atoms with Crippen LogP contribution < -0.4 is 10.6 Å². The van der Waals surface area contributed by atoms with Gasteiger partial charge < -0.3 is 10.6 Å². The highest BCUT2D eigenvalue weighted by molar-refractivity contribution is 5.93. The summed E-state index contributed by atoms with van der Waals surface area (Å²) >= 11 is 0. The molecule has 0 radical (unpaired) electrons. The Kier molecular flexibility index (Phi) is 3.74. The molecule has 4 heteroatoms. The maximum atomic E-state index is 11.1. The molecule has 17 heavy (non-hydrogen) atoms. The molecule has 1 aromatic rings. The first-order chi connectivity index (χ1) is 8.20. The van der Waals surface area contributed by atoms with Crippen molar-refractivity contribution in [3.63, 3.8) is 0 Å². The minimum Gasteiger partial charge on any atom is -0.356 e. The molecule has 2 heterocycles. The maximum Gasteiger partial charge on any atom is 0.161 e. The molecule has 0 bridgehead atoms. The lowest BCUT2D eigenvalue weighted by Gasteiger charge is -2.17. The Balaban J connectivity index is 2.01. The van der Waals surface area contributed by atoms with E-state index in [0.717, 1.165) is 31.9 Å². The van der Waals surface area contributed by atoms with E-state index in [9.17, 15) is 4.79 Å². The molecule has 1 aliphatic heterocycles. The van der Waals surface area contributed by atoms with Crippen molar-refractivity contribution in [1.29, 1.82) is 0 Å². The third-order valence-electron chi connectivity index (χ3n) is 3.34. The van der Waals surface area contributed by atoms with Crippen LogP contribution in [-0.4, -0.2) is 30.4 Å². The first-order valence-electron chi connectivity index (χ1n) is 6.12. The highest BCUT2D eigenvalue weighted by Crippen LogP contribution is 2.23. The summed E-state index contributed by atoms with van der Waals surface area (Å²) in [5, 5.41) is 0. The Morgan fingerprint density at radius 2 is 2.41 bits per heavy atom. The second-order valence-electron chi connectivity index (χ2n) is 4.64. The topological polar surface area (TPSA) is 59.2 Å². The fourth-order valence-corrected chi connectivity index (χ4v) is 2.29. The lowest BCUT2D eigenvalue weighted by molar-refractivity contribution is 0.101. The fraction of sp³-hybridized carbons (Fsp3) is 0.538. The Hall–Kier alpha value is -1.42. The standard InChI is InChI=1S/C13H19N3O/c1-10(17)12-2-3-13(15-8-12)16-7-5-11(9-16)4-6-14/h2-3,8,11H,4-7,9,14H2,1H3. The highest BCUT2D eigenvalue weighted by atomic mass is 16.1. The zero-order chi connectivity index (χ0) is 12.3. The van der Waals surface area contributed by atoms with Gasteiger partial charge in [-0.15, -0.1) is 0 Å². The van der Waals surface area contributed by atoms with Gasteiger partial charge in [0.05, 0.1) is 0 Å². The number of nitrogens with two attached hydrogens (primary N) is 1. The lowest BCUT2D eigenvalue weighted by Crippen LogP contribution is -2.21. The van der Waals surface area contributed by atoms with E-state index in [4.69, 9.17) is 5.73 Å². The van der Waals surface area contributed by atoms with Gasteiger partial charge in [-0.05, 0) is 44.4 Å². The summed E-state index contributed by atoms with van der Waals surface area (Å²) in [6.07, 6.45) is 3.93. The maximum absolute atomic E-state index is 11.1. The molecule has 1 fully saturated rings. The van der Waals surface area contributed by atoms with Crippen molar-refractivity contribution in [2.75, 3.05) is 24.5 Å². The van der Waals surface area contributed by atoms with E-state index >= 15 is 0 Å². The number of nitrogens with zero attached hydrogens (tertiary/aromatic N) is 2. The third-order valence-corrected chi connectivity index (χ3v) is 3.34. The molecule has 0 amide bonds. The van der Waals surface area contributed by atoms with Crippen molar-refractivity contribution in [2.24, 2.45) is 11.7 Å². The number of rotatable bonds is 4. The normalized spacial score (nSPS) is 19.6. The van der Waals surface area contributed by atoms with Gasteiger partial charge in [0.25, 0.3) is 0 Å². The van der Waals surface area contributed by atoms with E-state index < -0.39 is 0 Å². The molecule has 0 aliphatic carbocycles. The molecular weight excluding hydrogens is 214 g/mol. The average Bonchev–Trinajstić information content (AvgIpc) is 2.78. The zero-order valence-electron chi connectivity index (χ0n) is 10.2. The fourth-order valence-electron chi connectivity index (χ4n) is 2.29. The third kappa shape index (κ3) is 2.82. The second kappa shape index (κ2) is 5.27. The molecule has 1 atom stereocenters. The van der Waals surface area contributed by atoms with Gasteiger partial charge >= 0.3 is 0 Å². The molecule has 1 unspecified atom stereocenters. The summed E-state index contributed by atoms with van der Waals surface area (Å²) in [6, 6.07) is 3.78. The summed E-state index contributed by atoms with van der Waals surface area (Å²) < 4.78 is 0. The summed E-state index contributed by atoms with van der Waals surface area (Å²) in [4.78, 5) is 17.8. The molecule has 1 aliphatic rings. The van der Waals surface area contributed by atoms with E-state index in [1.807, 2.05) is 12.1 Å². The number of hydrogen-bond acceptors (Lipinski definition) is 4. The SMILES string of the molecule is CC(=O)c1ccc(N2CCC(CCN)C2)nc1. The number of carbonyl (C=O) groups excluding carboxylic acids is 1. The predicted molar refractivity (Wildman–Crippen MR) is 68.2 cm³/mol. The number of ketones is 1. The van der Waals surface area contributed by atoms with Crippen molar-refractivity contribution >= 4 is 11.6 Å². The Morgan fingerprint density at radius 1 is 1.59 bits per heavy atom. The van der Waals surface area contributed by atoms with Crippen LogP contribution in [0.2, 0.25) is 0 Å². The Labute approximate surface area is 102 Å². The van der Waals surface area contributed by atoms with Gasteiger partial charge in [-0.2, -0.15) is 0 Å². The largest absolute Gasteiger partial charge is 0.356 e. The van der Waals surface area contributed by atoms with Crippen LogP contribution in [0, 0.1) is 5.92 Å². The van der Waals surface area contributed by atoms with Crippen molar-refractivity contribution in [3.8, 4) is 0 Å². The van der Waals surface area contributed by atoms with E-state index in [0.29, 0.717) is 11.5 Å². The van der Waals surface area contributed by atoms with E-state index in [1.165, 1.54) is 6.42 Å².